The Kier molecular flexibility index (Phi) is 6.23. The number of nitrogens with two attached hydrogens (primary N) is 1. The molecule has 0 radical (unpaired) electrons. The van der Waals surface area contributed by atoms with Gasteiger partial charge in [-0.2, -0.15) is 5.11 Å². The van der Waals surface area contributed by atoms with Crippen LogP contribution in [0.25, 0.3) is 11.5 Å². The van der Waals surface area contributed by atoms with Gasteiger partial charge in [0, 0.05) is 31.3 Å². The van der Waals surface area contributed by atoms with Gasteiger partial charge in [-0.15, -0.1) is 5.11 Å². The van der Waals surface area contributed by atoms with Gasteiger partial charge in [0.2, 0.25) is 5.95 Å². The van der Waals surface area contributed by atoms with E-state index in [1.807, 2.05) is 18.2 Å². The molecule has 3 rings (SSSR count). The Balaban J connectivity index is 1.78. The van der Waals surface area contributed by atoms with Crippen molar-refractivity contribution in [2.75, 3.05) is 19.5 Å². The second-order valence-electron chi connectivity index (χ2n) is 6.15. The Morgan fingerprint density at radius 1 is 1.18 bits per heavy atom. The van der Waals surface area contributed by atoms with Gasteiger partial charge in [-0.25, -0.2) is 9.97 Å². The number of nitrogens with zero attached hydrogens (tertiary/aromatic N) is 5. The van der Waals surface area contributed by atoms with Crippen molar-refractivity contribution in [2.45, 2.75) is 19.8 Å². The maximum absolute atomic E-state index is 5.77. The normalized spacial score (nSPS) is 11.2. The van der Waals surface area contributed by atoms with Crippen molar-refractivity contribution in [3.8, 4) is 11.5 Å². The van der Waals surface area contributed by atoms with Crippen LogP contribution in [0.2, 0.25) is 0 Å². The maximum atomic E-state index is 5.77. The number of rotatable bonds is 8. The molecule has 0 spiro atoms. The molecule has 8 nitrogen and oxygen atoms in total. The van der Waals surface area contributed by atoms with Crippen LogP contribution in [-0.2, 0) is 17.6 Å². The third kappa shape index (κ3) is 4.86. The molecule has 0 saturated heterocycles. The van der Waals surface area contributed by atoms with Crippen molar-refractivity contribution in [3.05, 3.63) is 66.0 Å². The predicted molar refractivity (Wildman–Crippen MR) is 106 cm³/mol. The lowest BCUT2D eigenvalue weighted by Gasteiger charge is -2.06. The van der Waals surface area contributed by atoms with Gasteiger partial charge in [-0.05, 0) is 31.2 Å². The van der Waals surface area contributed by atoms with Crippen molar-refractivity contribution in [1.82, 2.24) is 15.0 Å². The lowest BCUT2D eigenvalue weighted by Crippen LogP contribution is -2.00. The number of allylic oxidation sites excluding steroid dienone is 1. The number of methoxy groups -OCH3 is 1. The summed E-state index contributed by atoms with van der Waals surface area (Å²) in [5.74, 6) is 0.697. The largest absolute Gasteiger partial charge is 0.463 e. The molecule has 0 unspecified atom stereocenters. The minimum Gasteiger partial charge on any atom is -0.463 e. The highest BCUT2D eigenvalue weighted by atomic mass is 16.5. The summed E-state index contributed by atoms with van der Waals surface area (Å²) < 4.78 is 10.5. The molecule has 0 atom stereocenters. The summed E-state index contributed by atoms with van der Waals surface area (Å²) in [5.41, 5.74) is 9.76. The van der Waals surface area contributed by atoms with Crippen molar-refractivity contribution >= 4 is 11.6 Å². The number of aromatic nitrogens is 3. The minimum atomic E-state index is 0.152. The molecule has 3 aromatic heterocycles. The number of nitrogen functional groups attached to an aromatic ring is 1. The standard InChI is InChI=1S/C20H22N6O2/c1-13(12-16-7-4-6-15(23-16)9-11-27-3)25-26-18-14(2)22-20(21)24-19(18)17-8-5-10-28-17/h4-8,10H,1,9,11-12H2,2-3H3,(H2,21,22,24). The van der Waals surface area contributed by atoms with E-state index in [0.29, 0.717) is 41.6 Å². The van der Waals surface area contributed by atoms with E-state index in [2.05, 4.69) is 31.8 Å². The van der Waals surface area contributed by atoms with Crippen LogP contribution >= 0.6 is 0 Å². The SMILES string of the molecule is C=C(Cc1cccc(CCOC)n1)N=Nc1c(C)nc(N)nc1-c1ccco1. The molecule has 3 heterocycles. The van der Waals surface area contributed by atoms with Crippen LogP contribution in [0.4, 0.5) is 11.6 Å². The van der Waals surface area contributed by atoms with Crippen molar-refractivity contribution in [1.29, 1.82) is 0 Å². The Bertz CT molecular complexity index is 982. The fourth-order valence-corrected chi connectivity index (χ4v) is 2.63. The maximum Gasteiger partial charge on any atom is 0.221 e. The Hall–Kier alpha value is -3.39. The molecule has 28 heavy (non-hydrogen) atoms. The Morgan fingerprint density at radius 3 is 2.75 bits per heavy atom. The minimum absolute atomic E-state index is 0.152. The number of hydrogen-bond acceptors (Lipinski definition) is 8. The number of pyridine rings is 1. The monoisotopic (exact) mass is 378 g/mol. The summed E-state index contributed by atoms with van der Waals surface area (Å²) in [5, 5.41) is 8.55. The fraction of sp³-hybridized carbons (Fsp3) is 0.250. The molecular formula is C20H22N6O2. The summed E-state index contributed by atoms with van der Waals surface area (Å²) >= 11 is 0. The third-order valence-corrected chi connectivity index (χ3v) is 3.93. The van der Waals surface area contributed by atoms with Crippen LogP contribution < -0.4 is 5.73 Å². The zero-order chi connectivity index (χ0) is 19.9. The lowest BCUT2D eigenvalue weighted by molar-refractivity contribution is 0.201. The van der Waals surface area contributed by atoms with E-state index in [4.69, 9.17) is 14.9 Å². The van der Waals surface area contributed by atoms with Crippen LogP contribution in [0.5, 0.6) is 0 Å². The van der Waals surface area contributed by atoms with Gasteiger partial charge < -0.3 is 14.9 Å². The molecule has 2 N–H and O–H groups in total. The highest BCUT2D eigenvalue weighted by molar-refractivity contribution is 5.70. The summed E-state index contributed by atoms with van der Waals surface area (Å²) in [6, 6.07) is 9.42. The number of anilines is 1. The van der Waals surface area contributed by atoms with E-state index in [9.17, 15) is 0 Å². The first kappa shape index (κ1) is 19.4. The summed E-state index contributed by atoms with van der Waals surface area (Å²) in [7, 11) is 1.67. The first-order valence-electron chi connectivity index (χ1n) is 8.78. The van der Waals surface area contributed by atoms with E-state index < -0.39 is 0 Å². The summed E-state index contributed by atoms with van der Waals surface area (Å²) in [6.07, 6.45) is 2.80. The van der Waals surface area contributed by atoms with E-state index in [1.54, 1.807) is 32.4 Å². The van der Waals surface area contributed by atoms with E-state index in [1.165, 1.54) is 0 Å². The molecule has 0 aliphatic rings. The van der Waals surface area contributed by atoms with Gasteiger partial charge in [0.05, 0.1) is 24.3 Å². The second-order valence-corrected chi connectivity index (χ2v) is 6.15. The zero-order valence-electron chi connectivity index (χ0n) is 15.9. The van der Waals surface area contributed by atoms with Crippen LogP contribution in [-0.4, -0.2) is 28.7 Å². The Labute approximate surface area is 163 Å². The van der Waals surface area contributed by atoms with Crippen molar-refractivity contribution in [3.63, 3.8) is 0 Å². The average Bonchev–Trinajstić information content (AvgIpc) is 3.20. The third-order valence-electron chi connectivity index (χ3n) is 3.93. The zero-order valence-corrected chi connectivity index (χ0v) is 15.9. The molecule has 144 valence electrons. The highest BCUT2D eigenvalue weighted by Gasteiger charge is 2.15. The molecule has 0 amide bonds. The highest BCUT2D eigenvalue weighted by Crippen LogP contribution is 2.32. The number of ether oxygens (including phenoxy) is 1. The van der Waals surface area contributed by atoms with E-state index in [-0.39, 0.29) is 5.95 Å². The number of hydrogen-bond donors (Lipinski definition) is 1. The first-order valence-corrected chi connectivity index (χ1v) is 8.78. The summed E-state index contributed by atoms with van der Waals surface area (Å²) in [6.45, 7) is 6.40. The molecule has 0 aromatic carbocycles. The van der Waals surface area contributed by atoms with Crippen LogP contribution in [0, 0.1) is 6.92 Å². The number of azo groups is 1. The van der Waals surface area contributed by atoms with E-state index >= 15 is 0 Å². The number of aryl methyl sites for hydroxylation is 1. The molecule has 8 heteroatoms. The molecule has 0 saturated carbocycles. The average molecular weight is 378 g/mol. The van der Waals surface area contributed by atoms with Gasteiger partial charge in [-0.1, -0.05) is 12.6 Å². The Morgan fingerprint density at radius 2 is 2.00 bits per heavy atom. The van der Waals surface area contributed by atoms with Crippen LogP contribution in [0.1, 0.15) is 17.1 Å². The molecular weight excluding hydrogens is 356 g/mol. The lowest BCUT2D eigenvalue weighted by atomic mass is 10.2. The van der Waals surface area contributed by atoms with Crippen LogP contribution in [0.15, 0.2) is 63.5 Å². The van der Waals surface area contributed by atoms with Crippen molar-refractivity contribution in [2.24, 2.45) is 10.2 Å². The molecule has 0 fully saturated rings. The van der Waals surface area contributed by atoms with Gasteiger partial charge in [0.1, 0.15) is 11.4 Å². The van der Waals surface area contributed by atoms with Gasteiger partial charge in [0.15, 0.2) is 5.76 Å². The van der Waals surface area contributed by atoms with Gasteiger partial charge in [-0.3, -0.25) is 4.98 Å². The quantitative estimate of drug-likeness (QED) is 0.592. The van der Waals surface area contributed by atoms with Crippen molar-refractivity contribution < 1.29 is 9.15 Å². The first-order chi connectivity index (χ1) is 13.6. The smallest absolute Gasteiger partial charge is 0.221 e. The topological polar surface area (TPSA) is 112 Å². The second kappa shape index (κ2) is 9.01. The van der Waals surface area contributed by atoms with Gasteiger partial charge >= 0.3 is 0 Å². The summed E-state index contributed by atoms with van der Waals surface area (Å²) in [4.78, 5) is 13.0. The molecule has 0 bridgehead atoms. The molecule has 0 aliphatic heterocycles. The molecule has 0 aliphatic carbocycles. The van der Waals surface area contributed by atoms with E-state index in [0.717, 1.165) is 17.8 Å². The fourth-order valence-electron chi connectivity index (χ4n) is 2.63. The predicted octanol–water partition coefficient (Wildman–Crippen LogP) is 4.05. The number of furan rings is 1. The molecule has 3 aromatic rings. The van der Waals surface area contributed by atoms with Gasteiger partial charge in [0.25, 0.3) is 0 Å². The van der Waals surface area contributed by atoms with Crippen LogP contribution in [0.3, 0.4) is 0 Å².